The minimum Gasteiger partial charge on any atom is -0.370 e. The number of nitrogens with two attached hydrogens (primary N) is 2. The molecule has 0 spiro atoms. The molecule has 0 radical (unpaired) electrons. The van der Waals surface area contributed by atoms with Crippen LogP contribution in [0.25, 0.3) is 16.9 Å². The number of hydrogen-bond donors (Lipinski definition) is 3. The largest absolute Gasteiger partial charge is 0.370 e. The predicted molar refractivity (Wildman–Crippen MR) is 141 cm³/mol. The summed E-state index contributed by atoms with van der Waals surface area (Å²) in [6.07, 6.45) is 6.82. The van der Waals surface area contributed by atoms with E-state index in [9.17, 15) is 0 Å². The molecule has 9 heteroatoms. The van der Waals surface area contributed by atoms with E-state index < -0.39 is 0 Å². The van der Waals surface area contributed by atoms with Gasteiger partial charge in [-0.3, -0.25) is 4.98 Å². The highest BCUT2D eigenvalue weighted by atomic mass is 15.4. The van der Waals surface area contributed by atoms with Crippen LogP contribution >= 0.6 is 0 Å². The van der Waals surface area contributed by atoms with Crippen molar-refractivity contribution < 1.29 is 0 Å². The van der Waals surface area contributed by atoms with Crippen molar-refractivity contribution in [2.24, 2.45) is 5.73 Å². The average Bonchev–Trinajstić information content (AvgIpc) is 3.28. The summed E-state index contributed by atoms with van der Waals surface area (Å²) in [5.74, 6) is 1.86. The first kappa shape index (κ1) is 21.3. The topological polar surface area (TPSA) is 124 Å². The van der Waals surface area contributed by atoms with Gasteiger partial charge in [0.1, 0.15) is 0 Å². The molecule has 2 bridgehead atoms. The predicted octanol–water partition coefficient (Wildman–Crippen LogP) is 3.56. The Morgan fingerprint density at radius 2 is 1.83 bits per heavy atom. The lowest BCUT2D eigenvalue weighted by atomic mass is 9.84. The minimum atomic E-state index is 0.183. The molecule has 1 fully saturated rings. The van der Waals surface area contributed by atoms with E-state index >= 15 is 0 Å². The number of benzene rings is 1. The number of fused-ring (bicyclic) bond motifs is 3. The van der Waals surface area contributed by atoms with E-state index in [1.165, 1.54) is 22.4 Å². The minimum absolute atomic E-state index is 0.183. The van der Waals surface area contributed by atoms with Crippen LogP contribution in [0.5, 0.6) is 0 Å². The fraction of sp³-hybridized carbons (Fsp3) is 0.333. The number of nitrogens with zero attached hydrogens (tertiary/aromatic N) is 6. The molecule has 0 amide bonds. The average molecular weight is 480 g/mol. The molecular formula is C27H29N9. The van der Waals surface area contributed by atoms with Crippen molar-refractivity contribution in [2.75, 3.05) is 29.0 Å². The maximum atomic E-state index is 6.36. The zero-order chi connectivity index (χ0) is 24.2. The number of anilines is 4. The summed E-state index contributed by atoms with van der Waals surface area (Å²) < 4.78 is 1.63. The van der Waals surface area contributed by atoms with Crippen LogP contribution < -0.4 is 21.7 Å². The lowest BCUT2D eigenvalue weighted by Crippen LogP contribution is -2.40. The van der Waals surface area contributed by atoms with Crippen LogP contribution in [-0.2, 0) is 12.8 Å². The molecular weight excluding hydrogens is 450 g/mol. The van der Waals surface area contributed by atoms with Crippen LogP contribution in [0, 0.1) is 0 Å². The summed E-state index contributed by atoms with van der Waals surface area (Å²) >= 11 is 0. The van der Waals surface area contributed by atoms with E-state index in [0.29, 0.717) is 17.7 Å². The molecule has 0 saturated carbocycles. The summed E-state index contributed by atoms with van der Waals surface area (Å²) in [5, 5.41) is 7.96. The Labute approximate surface area is 209 Å². The molecule has 36 heavy (non-hydrogen) atoms. The fourth-order valence-corrected chi connectivity index (χ4v) is 5.87. The quantitative estimate of drug-likeness (QED) is 0.406. The molecule has 1 aliphatic carbocycles. The summed E-state index contributed by atoms with van der Waals surface area (Å²) in [4.78, 5) is 16.7. The number of aromatic nitrogens is 5. The lowest BCUT2D eigenvalue weighted by molar-refractivity contribution is 0.463. The van der Waals surface area contributed by atoms with Gasteiger partial charge in [-0.05, 0) is 55.4 Å². The maximum Gasteiger partial charge on any atom is 0.248 e. The molecule has 3 aromatic heterocycles. The first-order chi connectivity index (χ1) is 17.6. The first-order valence-corrected chi connectivity index (χ1v) is 12.7. The van der Waals surface area contributed by atoms with Crippen LogP contribution in [0.1, 0.15) is 42.1 Å². The molecule has 9 nitrogen and oxygen atoms in total. The van der Waals surface area contributed by atoms with E-state index in [1.54, 1.807) is 4.68 Å². The third-order valence-corrected chi connectivity index (χ3v) is 7.69. The molecule has 4 aromatic rings. The summed E-state index contributed by atoms with van der Waals surface area (Å²) in [6, 6.07) is 14.8. The summed E-state index contributed by atoms with van der Waals surface area (Å²) in [5.41, 5.74) is 20.4. The normalized spacial score (nSPS) is 18.7. The van der Waals surface area contributed by atoms with Gasteiger partial charge in [-0.25, -0.2) is 4.98 Å². The van der Waals surface area contributed by atoms with Crippen molar-refractivity contribution in [2.45, 2.75) is 44.1 Å². The van der Waals surface area contributed by atoms with Crippen LogP contribution in [0.2, 0.25) is 0 Å². The smallest absolute Gasteiger partial charge is 0.248 e. The van der Waals surface area contributed by atoms with E-state index in [-0.39, 0.29) is 12.0 Å². The number of nitrogens with one attached hydrogen (secondary N) is 1. The number of piperidine rings is 1. The van der Waals surface area contributed by atoms with Crippen molar-refractivity contribution in [3.05, 3.63) is 65.6 Å². The van der Waals surface area contributed by atoms with Gasteiger partial charge in [0.05, 0.1) is 23.3 Å². The molecule has 4 aliphatic rings. The molecule has 182 valence electrons. The van der Waals surface area contributed by atoms with Gasteiger partial charge < -0.3 is 21.7 Å². The fourth-order valence-electron chi connectivity index (χ4n) is 5.87. The number of aryl methyl sites for hydroxylation is 1. The third kappa shape index (κ3) is 3.58. The maximum absolute atomic E-state index is 6.36. The zero-order valence-corrected chi connectivity index (χ0v) is 20.1. The van der Waals surface area contributed by atoms with Gasteiger partial charge in [0, 0.05) is 36.3 Å². The Kier molecular flexibility index (Phi) is 4.92. The van der Waals surface area contributed by atoms with Gasteiger partial charge in [0.15, 0.2) is 5.82 Å². The second kappa shape index (κ2) is 8.30. The Balaban J connectivity index is 1.27. The molecule has 1 atom stereocenters. The Morgan fingerprint density at radius 1 is 1.00 bits per heavy atom. The number of rotatable bonds is 4. The molecule has 3 aliphatic heterocycles. The Hall–Kier alpha value is -3.98. The van der Waals surface area contributed by atoms with Crippen molar-refractivity contribution >= 4 is 23.3 Å². The first-order valence-electron chi connectivity index (χ1n) is 12.7. The number of pyridine rings is 2. The van der Waals surface area contributed by atoms with Crippen LogP contribution in [-0.4, -0.2) is 43.9 Å². The van der Waals surface area contributed by atoms with Gasteiger partial charge in [-0.15, -0.1) is 5.10 Å². The molecule has 6 heterocycles. The Bertz CT molecular complexity index is 1440. The van der Waals surface area contributed by atoms with Crippen LogP contribution in [0.3, 0.4) is 0 Å². The molecule has 5 N–H and O–H groups in total. The molecule has 1 aromatic carbocycles. The summed E-state index contributed by atoms with van der Waals surface area (Å²) in [6.45, 7) is 2.16. The van der Waals surface area contributed by atoms with Gasteiger partial charge in [-0.2, -0.15) is 9.67 Å². The highest BCUT2D eigenvalue weighted by Crippen LogP contribution is 2.46. The molecule has 8 rings (SSSR count). The zero-order valence-electron chi connectivity index (χ0n) is 20.1. The van der Waals surface area contributed by atoms with Gasteiger partial charge >= 0.3 is 0 Å². The highest BCUT2D eigenvalue weighted by molar-refractivity contribution is 5.83. The van der Waals surface area contributed by atoms with Crippen molar-refractivity contribution in [3.8, 4) is 16.9 Å². The molecule has 1 unspecified atom stereocenters. The molecule has 1 saturated heterocycles. The van der Waals surface area contributed by atoms with Crippen LogP contribution in [0.4, 0.5) is 23.3 Å². The van der Waals surface area contributed by atoms with E-state index in [4.69, 9.17) is 16.5 Å². The van der Waals surface area contributed by atoms with Crippen molar-refractivity contribution in [1.29, 1.82) is 0 Å². The van der Waals surface area contributed by atoms with Crippen molar-refractivity contribution in [3.63, 3.8) is 0 Å². The van der Waals surface area contributed by atoms with Crippen molar-refractivity contribution in [1.82, 2.24) is 24.7 Å². The van der Waals surface area contributed by atoms with Gasteiger partial charge in [0.2, 0.25) is 11.9 Å². The van der Waals surface area contributed by atoms with Gasteiger partial charge in [-0.1, -0.05) is 30.3 Å². The van der Waals surface area contributed by atoms with E-state index in [0.717, 1.165) is 62.3 Å². The second-order valence-corrected chi connectivity index (χ2v) is 10.1. The number of nitrogen functional groups attached to an aromatic ring is 1. The monoisotopic (exact) mass is 479 g/mol. The van der Waals surface area contributed by atoms with E-state index in [2.05, 4.69) is 61.7 Å². The van der Waals surface area contributed by atoms with Crippen LogP contribution in [0.15, 0.2) is 48.7 Å². The Morgan fingerprint density at radius 3 is 2.67 bits per heavy atom. The SMILES string of the molecule is Nc1nc(Nc2cnc3c(c2)CC(N)CC3)nn1-c1cc(-c2ccccc2)c2c(n1)C1CCN2CC1. The summed E-state index contributed by atoms with van der Waals surface area (Å²) in [7, 11) is 0. The number of hydrogen-bond acceptors (Lipinski definition) is 8. The standard InChI is InChI=1S/C27H29N9/c28-19-6-7-22-18(12-19)13-20(15-30-22)31-27-33-26(29)36(34-27)23-14-21(16-4-2-1-3-5-16)25-24(32-23)17-8-10-35(25)11-9-17/h1-5,13-15,17,19H,6-12,28H2,(H3,29,31,33,34). The van der Waals surface area contributed by atoms with Gasteiger partial charge in [0.25, 0.3) is 0 Å². The van der Waals surface area contributed by atoms with E-state index in [1.807, 2.05) is 12.3 Å². The highest BCUT2D eigenvalue weighted by Gasteiger charge is 2.35. The third-order valence-electron chi connectivity index (χ3n) is 7.69. The second-order valence-electron chi connectivity index (χ2n) is 10.1. The lowest BCUT2D eigenvalue weighted by Gasteiger charge is -2.42.